The largest absolute Gasteiger partial charge is 0.443 e. The minimum Gasteiger partial charge on any atom is -0.443 e. The van der Waals surface area contributed by atoms with Gasteiger partial charge in [0.15, 0.2) is 0 Å². The molecule has 0 aromatic heterocycles. The second kappa shape index (κ2) is 13.3. The second-order valence-corrected chi connectivity index (χ2v) is 7.89. The Morgan fingerprint density at radius 2 is 1.22 bits per heavy atom. The van der Waals surface area contributed by atoms with Crippen molar-refractivity contribution in [3.63, 3.8) is 0 Å². The van der Waals surface area contributed by atoms with Crippen LogP contribution in [0.4, 0.5) is 14.4 Å². The van der Waals surface area contributed by atoms with Gasteiger partial charge in [-0.25, -0.2) is 24.4 Å². The third-order valence-corrected chi connectivity index (χ3v) is 5.25. The predicted octanol–water partition coefficient (Wildman–Crippen LogP) is 4.08. The molecule has 5 amide bonds. The number of hydrogen-bond acceptors (Lipinski definition) is 6. The van der Waals surface area contributed by atoms with Crippen molar-refractivity contribution in [1.82, 2.24) is 20.7 Å². The number of amides is 5. The number of carbonyl (C=O) groups is 4. The normalized spacial score (nSPS) is 10.1. The first-order chi connectivity index (χ1) is 17.9. The first-order valence-electron chi connectivity index (χ1n) is 11.4. The molecule has 3 rings (SSSR count). The zero-order chi connectivity index (χ0) is 26.6. The van der Waals surface area contributed by atoms with Crippen LogP contribution in [0.25, 0.3) is 0 Å². The van der Waals surface area contributed by atoms with Crippen LogP contribution in [0, 0.1) is 0 Å². The summed E-state index contributed by atoms with van der Waals surface area (Å²) in [5.41, 5.74) is 2.45. The predicted molar refractivity (Wildman–Crippen MR) is 135 cm³/mol. The van der Waals surface area contributed by atoms with Crippen LogP contribution in [-0.4, -0.2) is 48.2 Å². The Labute approximate surface area is 214 Å². The second-order valence-electron chi connectivity index (χ2n) is 7.89. The van der Waals surface area contributed by atoms with E-state index in [-0.39, 0.29) is 25.3 Å². The van der Waals surface area contributed by atoms with Gasteiger partial charge in [0.05, 0.1) is 6.54 Å². The fourth-order valence-electron chi connectivity index (χ4n) is 3.17. The van der Waals surface area contributed by atoms with Gasteiger partial charge in [0.25, 0.3) is 5.91 Å². The molecule has 0 fully saturated rings. The number of urea groups is 1. The van der Waals surface area contributed by atoms with E-state index in [2.05, 4.69) is 10.6 Å². The van der Waals surface area contributed by atoms with Gasteiger partial charge in [0, 0.05) is 19.7 Å². The summed E-state index contributed by atoms with van der Waals surface area (Å²) in [5, 5.41) is 6.63. The maximum Gasteiger partial charge on any atom is 0.429 e. The van der Waals surface area contributed by atoms with Gasteiger partial charge in [-0.15, -0.1) is 0 Å². The fourth-order valence-corrected chi connectivity index (χ4v) is 3.17. The zero-order valence-corrected chi connectivity index (χ0v) is 20.5. The molecule has 0 heterocycles. The molecule has 0 spiro atoms. The average molecular weight is 505 g/mol. The van der Waals surface area contributed by atoms with Gasteiger partial charge in [0.1, 0.15) is 13.2 Å². The van der Waals surface area contributed by atoms with Crippen molar-refractivity contribution in [2.75, 3.05) is 14.1 Å². The highest BCUT2D eigenvalue weighted by atomic mass is 16.6. The molecule has 0 bridgehead atoms. The third-order valence-electron chi connectivity index (χ3n) is 5.25. The lowest BCUT2D eigenvalue weighted by Gasteiger charge is -2.30. The van der Waals surface area contributed by atoms with Gasteiger partial charge < -0.3 is 14.8 Å². The van der Waals surface area contributed by atoms with Crippen LogP contribution in [0.15, 0.2) is 84.9 Å². The summed E-state index contributed by atoms with van der Waals surface area (Å²) in [5.74, 6) is -0.577. The molecule has 0 saturated heterocycles. The number of rotatable bonds is 7. The molecular formula is C27H28N4O6. The van der Waals surface area contributed by atoms with Crippen LogP contribution in [0.5, 0.6) is 0 Å². The summed E-state index contributed by atoms with van der Waals surface area (Å²) in [7, 11) is 2.81. The van der Waals surface area contributed by atoms with Crippen LogP contribution >= 0.6 is 0 Å². The summed E-state index contributed by atoms with van der Waals surface area (Å²) < 4.78 is 10.8. The van der Waals surface area contributed by atoms with Crippen molar-refractivity contribution in [3.8, 4) is 0 Å². The van der Waals surface area contributed by atoms with E-state index in [0.29, 0.717) is 5.56 Å². The number of nitrogens with zero attached hydrogens (tertiary/aromatic N) is 2. The molecule has 2 N–H and O–H groups in total. The highest BCUT2D eigenvalue weighted by Gasteiger charge is 2.26. The Morgan fingerprint density at radius 3 is 1.73 bits per heavy atom. The topological polar surface area (TPSA) is 117 Å². The number of nitrogens with one attached hydrogen (secondary N) is 2. The molecular weight excluding hydrogens is 476 g/mol. The number of carbonyl (C=O) groups excluding carboxylic acids is 4. The molecule has 0 aliphatic carbocycles. The van der Waals surface area contributed by atoms with Crippen molar-refractivity contribution in [1.29, 1.82) is 0 Å². The number of benzene rings is 3. The molecule has 3 aromatic carbocycles. The number of hydrogen-bond donors (Lipinski definition) is 2. The first-order valence-corrected chi connectivity index (χ1v) is 11.4. The summed E-state index contributed by atoms with van der Waals surface area (Å²) in [6.45, 7) is 0.00957. The van der Waals surface area contributed by atoms with Crippen molar-refractivity contribution in [2.45, 2.75) is 19.8 Å². The highest BCUT2D eigenvalue weighted by molar-refractivity contribution is 6.04. The average Bonchev–Trinajstić information content (AvgIpc) is 2.94. The molecule has 37 heavy (non-hydrogen) atoms. The van der Waals surface area contributed by atoms with Crippen LogP contribution in [0.1, 0.15) is 27.0 Å². The molecule has 0 aliphatic heterocycles. The SMILES string of the molecule is CNC(=O)NC(=O)c1ccc(CN(C(=O)OCc2ccccc2)N(C)C(=O)OCc2ccccc2)cc1. The number of imide groups is 1. The minimum atomic E-state index is -0.760. The Morgan fingerprint density at radius 1 is 0.703 bits per heavy atom. The summed E-state index contributed by atoms with van der Waals surface area (Å²) >= 11 is 0. The van der Waals surface area contributed by atoms with E-state index in [9.17, 15) is 19.2 Å². The van der Waals surface area contributed by atoms with E-state index in [1.165, 1.54) is 26.2 Å². The molecule has 3 aromatic rings. The summed E-state index contributed by atoms with van der Waals surface area (Å²) in [6.07, 6.45) is -1.51. The standard InChI is InChI=1S/C27H28N4O6/c1-28-25(33)29-24(32)23-15-13-20(14-16-23)17-31(27(35)37-19-22-11-7-4-8-12-22)30(2)26(34)36-18-21-9-5-3-6-10-21/h3-16H,17-19H2,1-2H3,(H2,28,29,32,33). The van der Waals surface area contributed by atoms with Crippen LogP contribution in [0.2, 0.25) is 0 Å². The monoisotopic (exact) mass is 504 g/mol. The first kappa shape index (κ1) is 26.7. The van der Waals surface area contributed by atoms with Crippen molar-refractivity contribution in [3.05, 3.63) is 107 Å². The van der Waals surface area contributed by atoms with Crippen LogP contribution < -0.4 is 10.6 Å². The van der Waals surface area contributed by atoms with E-state index in [4.69, 9.17) is 9.47 Å². The Bertz CT molecular complexity index is 1200. The molecule has 10 heteroatoms. The molecule has 192 valence electrons. The molecule has 0 atom stereocenters. The lowest BCUT2D eigenvalue weighted by molar-refractivity contribution is -0.0167. The Hall–Kier alpha value is -4.86. The minimum absolute atomic E-state index is 0.0156. The number of hydrazine groups is 1. The Kier molecular flexibility index (Phi) is 9.60. The zero-order valence-electron chi connectivity index (χ0n) is 20.5. The summed E-state index contributed by atoms with van der Waals surface area (Å²) in [6, 6.07) is 23.9. The fraction of sp³-hybridized carbons (Fsp3) is 0.185. The lowest BCUT2D eigenvalue weighted by Crippen LogP contribution is -2.47. The lowest BCUT2D eigenvalue weighted by atomic mass is 10.1. The number of ether oxygens (including phenoxy) is 2. The third kappa shape index (κ3) is 8.10. The highest BCUT2D eigenvalue weighted by Crippen LogP contribution is 2.14. The van der Waals surface area contributed by atoms with E-state index >= 15 is 0 Å². The van der Waals surface area contributed by atoms with Crippen molar-refractivity contribution in [2.24, 2.45) is 0 Å². The quantitative estimate of drug-likeness (QED) is 0.469. The van der Waals surface area contributed by atoms with Gasteiger partial charge in [-0.3, -0.25) is 10.1 Å². The van der Waals surface area contributed by atoms with E-state index < -0.39 is 24.1 Å². The van der Waals surface area contributed by atoms with Gasteiger partial charge >= 0.3 is 18.2 Å². The maximum atomic E-state index is 13.0. The van der Waals surface area contributed by atoms with Crippen molar-refractivity contribution >= 4 is 24.1 Å². The van der Waals surface area contributed by atoms with Crippen LogP contribution in [-0.2, 0) is 29.2 Å². The van der Waals surface area contributed by atoms with Gasteiger partial charge in [0.2, 0.25) is 0 Å². The van der Waals surface area contributed by atoms with Gasteiger partial charge in [-0.1, -0.05) is 72.8 Å². The summed E-state index contributed by atoms with van der Waals surface area (Å²) in [4.78, 5) is 49.3. The van der Waals surface area contributed by atoms with E-state index in [1.807, 2.05) is 60.7 Å². The van der Waals surface area contributed by atoms with Gasteiger partial charge in [-0.2, -0.15) is 0 Å². The van der Waals surface area contributed by atoms with E-state index in [1.54, 1.807) is 12.1 Å². The molecule has 0 aliphatic rings. The Balaban J connectivity index is 1.71. The maximum absolute atomic E-state index is 13.0. The van der Waals surface area contributed by atoms with Crippen molar-refractivity contribution < 1.29 is 28.7 Å². The van der Waals surface area contributed by atoms with Gasteiger partial charge in [-0.05, 0) is 28.8 Å². The molecule has 0 unspecified atom stereocenters. The molecule has 0 saturated carbocycles. The van der Waals surface area contributed by atoms with Crippen LogP contribution in [0.3, 0.4) is 0 Å². The molecule has 10 nitrogen and oxygen atoms in total. The molecule has 0 radical (unpaired) electrons. The van der Waals surface area contributed by atoms with E-state index in [0.717, 1.165) is 21.1 Å². The smallest absolute Gasteiger partial charge is 0.429 e.